The third kappa shape index (κ3) is 1.91. The van der Waals surface area contributed by atoms with Crippen molar-refractivity contribution in [2.24, 2.45) is 0 Å². The molecule has 90 valence electrons. The molecule has 1 N–H and O–H groups in total. The zero-order valence-electron chi connectivity index (χ0n) is 10.2. The Morgan fingerprint density at radius 3 is 2.71 bits per heavy atom. The number of carbonyl (C=O) groups is 1. The van der Waals surface area contributed by atoms with Crippen molar-refractivity contribution in [2.45, 2.75) is 50.0 Å². The Kier molecular flexibility index (Phi) is 2.97. The smallest absolute Gasteiger partial charge is 0.224 e. The summed E-state index contributed by atoms with van der Waals surface area (Å²) < 4.78 is 1.12. The molecule has 17 heavy (non-hydrogen) atoms. The molecule has 1 atom stereocenters. The van der Waals surface area contributed by atoms with Crippen LogP contribution in [0.15, 0.2) is 23.1 Å². The van der Waals surface area contributed by atoms with Crippen molar-refractivity contribution in [3.05, 3.63) is 29.3 Å². The zero-order valence-corrected chi connectivity index (χ0v) is 11.0. The minimum atomic E-state index is 0.306. The Balaban J connectivity index is 1.88. The summed E-state index contributed by atoms with van der Waals surface area (Å²) in [6, 6.07) is 6.61. The highest BCUT2D eigenvalue weighted by atomic mass is 32.2. The number of hydrogen-bond acceptors (Lipinski definition) is 2. The van der Waals surface area contributed by atoms with Crippen molar-refractivity contribution in [2.75, 3.05) is 0 Å². The molecule has 3 heteroatoms. The quantitative estimate of drug-likeness (QED) is 0.771. The molecule has 0 saturated heterocycles. The minimum Gasteiger partial charge on any atom is -0.224 e. The largest absolute Gasteiger partial charge is 0.357 e. The van der Waals surface area contributed by atoms with Gasteiger partial charge in [0.2, 0.25) is 0 Å². The lowest BCUT2D eigenvalue weighted by Gasteiger charge is -2.24. The number of rotatable bonds is 1. The van der Waals surface area contributed by atoms with E-state index in [1.54, 1.807) is 11.9 Å². The van der Waals surface area contributed by atoms with Crippen LogP contribution >= 0.6 is 11.9 Å². The molecule has 2 nitrogen and oxygen atoms in total. The van der Waals surface area contributed by atoms with E-state index in [4.69, 9.17) is 0 Å². The molecule has 3 rings (SSSR count). The van der Waals surface area contributed by atoms with Gasteiger partial charge in [0.05, 0.1) is 10.5 Å². The lowest BCUT2D eigenvalue weighted by atomic mass is 9.95. The molecule has 1 unspecified atom stereocenters. The monoisotopic (exact) mass is 248 g/mol. The van der Waals surface area contributed by atoms with Gasteiger partial charge >= 0.3 is 5.91 Å². The van der Waals surface area contributed by atoms with Crippen molar-refractivity contribution in [1.82, 2.24) is 0 Å². The van der Waals surface area contributed by atoms with E-state index in [0.717, 1.165) is 9.87 Å². The summed E-state index contributed by atoms with van der Waals surface area (Å²) in [4.78, 5) is 13.6. The Labute approximate surface area is 107 Å². The van der Waals surface area contributed by atoms with Gasteiger partial charge in [-0.3, -0.25) is 0 Å². The molecule has 2 aliphatic rings. The van der Waals surface area contributed by atoms with Crippen LogP contribution in [0.4, 0.5) is 0 Å². The van der Waals surface area contributed by atoms with Gasteiger partial charge in [-0.05, 0) is 31.4 Å². The van der Waals surface area contributed by atoms with Gasteiger partial charge in [-0.25, -0.2) is 4.79 Å². The summed E-state index contributed by atoms with van der Waals surface area (Å²) in [5.41, 5.74) is 2.18. The molecule has 1 aromatic carbocycles. The van der Waals surface area contributed by atoms with Gasteiger partial charge in [0.15, 0.2) is 0 Å². The van der Waals surface area contributed by atoms with Gasteiger partial charge in [0, 0.05) is 12.8 Å². The first-order valence-corrected chi connectivity index (χ1v) is 7.28. The first kappa shape index (κ1) is 11.3. The highest BCUT2D eigenvalue weighted by molar-refractivity contribution is 7.93. The molecule has 1 amide bonds. The number of carbonyl (C=O) groups excluding carboxylic acids is 1. The van der Waals surface area contributed by atoms with E-state index in [2.05, 4.69) is 13.0 Å². The average molecular weight is 248 g/mol. The maximum absolute atomic E-state index is 12.4. The topological polar surface area (TPSA) is 21.5 Å². The second kappa shape index (κ2) is 4.46. The number of benzene rings is 1. The van der Waals surface area contributed by atoms with Crippen LogP contribution < -0.4 is 4.31 Å². The Bertz CT molecular complexity index is 452. The molecule has 0 spiro atoms. The normalized spacial score (nSPS) is 25.0. The number of fused-ring (bicyclic) bond motifs is 1. The highest BCUT2D eigenvalue weighted by Crippen LogP contribution is 2.29. The van der Waals surface area contributed by atoms with E-state index in [-0.39, 0.29) is 0 Å². The Morgan fingerprint density at radius 2 is 2.00 bits per heavy atom. The van der Waals surface area contributed by atoms with Crippen molar-refractivity contribution in [1.29, 1.82) is 0 Å². The zero-order chi connectivity index (χ0) is 11.8. The van der Waals surface area contributed by atoms with Gasteiger partial charge < -0.3 is 0 Å². The molecule has 1 heterocycles. The third-order valence-electron chi connectivity index (χ3n) is 3.87. The van der Waals surface area contributed by atoms with E-state index in [9.17, 15) is 4.79 Å². The lowest BCUT2D eigenvalue weighted by Crippen LogP contribution is -3.11. The maximum atomic E-state index is 12.4. The summed E-state index contributed by atoms with van der Waals surface area (Å²) in [5, 5.41) is 0. The Hall–Kier alpha value is -0.800. The first-order chi connectivity index (χ1) is 8.27. The van der Waals surface area contributed by atoms with E-state index in [0.29, 0.717) is 11.9 Å². The van der Waals surface area contributed by atoms with Crippen molar-refractivity contribution in [3.63, 3.8) is 0 Å². The van der Waals surface area contributed by atoms with E-state index in [1.165, 1.54) is 42.6 Å². The van der Waals surface area contributed by atoms with Crippen LogP contribution in [0, 0.1) is 6.92 Å². The van der Waals surface area contributed by atoms with E-state index >= 15 is 0 Å². The summed E-state index contributed by atoms with van der Waals surface area (Å²) in [7, 11) is 0. The van der Waals surface area contributed by atoms with E-state index < -0.39 is 0 Å². The van der Waals surface area contributed by atoms with Crippen LogP contribution in [0.5, 0.6) is 0 Å². The predicted octanol–water partition coefficient (Wildman–Crippen LogP) is 2.37. The molecule has 1 aromatic rings. The minimum absolute atomic E-state index is 0.306. The second-order valence-electron chi connectivity index (χ2n) is 5.08. The summed E-state index contributed by atoms with van der Waals surface area (Å²) in [6.07, 6.45) is 6.34. The van der Waals surface area contributed by atoms with Crippen LogP contribution in [0.25, 0.3) is 0 Å². The molecule has 0 bridgehead atoms. The van der Waals surface area contributed by atoms with Gasteiger partial charge in [0.25, 0.3) is 0 Å². The second-order valence-corrected chi connectivity index (χ2v) is 6.13. The lowest BCUT2D eigenvalue weighted by molar-refractivity contribution is -0.694. The SMILES string of the molecule is Cc1cccc2c1S[NH+](C1CCCCC1)C2=O. The summed E-state index contributed by atoms with van der Waals surface area (Å²) in [6.45, 7) is 2.10. The van der Waals surface area contributed by atoms with Crippen molar-refractivity contribution < 1.29 is 9.10 Å². The van der Waals surface area contributed by atoms with Crippen LogP contribution in [0.3, 0.4) is 0 Å². The first-order valence-electron chi connectivity index (χ1n) is 6.46. The van der Waals surface area contributed by atoms with Crippen molar-refractivity contribution in [3.8, 4) is 0 Å². The number of hydrogen-bond donors (Lipinski definition) is 1. The van der Waals surface area contributed by atoms with Gasteiger partial charge in [0.1, 0.15) is 18.0 Å². The number of aryl methyl sites for hydroxylation is 1. The standard InChI is InChI=1S/C14H17NOS/c1-10-6-5-9-12-13(10)17-15(14(12)16)11-7-3-2-4-8-11/h5-6,9,11H,2-4,7-8H2,1H3/p+1. The molecule has 0 aromatic heterocycles. The van der Waals surface area contributed by atoms with Crippen LogP contribution in [-0.4, -0.2) is 11.9 Å². The highest BCUT2D eigenvalue weighted by Gasteiger charge is 2.41. The van der Waals surface area contributed by atoms with Gasteiger partial charge in [-0.2, -0.15) is 4.31 Å². The third-order valence-corrected chi connectivity index (χ3v) is 5.35. The molecular formula is C14H18NOS+. The number of amides is 1. The van der Waals surface area contributed by atoms with E-state index in [1.807, 2.05) is 12.1 Å². The predicted molar refractivity (Wildman–Crippen MR) is 69.2 cm³/mol. The fourth-order valence-corrected chi connectivity index (χ4v) is 4.21. The molecule has 0 radical (unpaired) electrons. The van der Waals surface area contributed by atoms with Crippen LogP contribution in [0.1, 0.15) is 48.0 Å². The van der Waals surface area contributed by atoms with Gasteiger partial charge in [-0.1, -0.05) is 18.6 Å². The number of nitrogens with one attached hydrogen (secondary N) is 1. The fourth-order valence-electron chi connectivity index (χ4n) is 2.89. The van der Waals surface area contributed by atoms with Gasteiger partial charge in [-0.15, -0.1) is 0 Å². The van der Waals surface area contributed by atoms with Crippen molar-refractivity contribution >= 4 is 17.9 Å². The average Bonchev–Trinajstić information content (AvgIpc) is 2.70. The molecular weight excluding hydrogens is 230 g/mol. The summed E-state index contributed by atoms with van der Waals surface area (Å²) >= 11 is 1.74. The van der Waals surface area contributed by atoms with Crippen LogP contribution in [0.2, 0.25) is 0 Å². The maximum Gasteiger partial charge on any atom is 0.357 e. The Morgan fingerprint density at radius 1 is 1.24 bits per heavy atom. The van der Waals surface area contributed by atoms with Crippen LogP contribution in [-0.2, 0) is 0 Å². The summed E-state index contributed by atoms with van der Waals surface area (Å²) in [5.74, 6) is 0.306. The fraction of sp³-hybridized carbons (Fsp3) is 0.500. The number of quaternary nitrogens is 1. The molecule has 1 aliphatic heterocycles. The molecule has 1 fully saturated rings. The molecule has 1 aliphatic carbocycles. The molecule has 1 saturated carbocycles.